The number of sulfonamides is 1. The van der Waals surface area contributed by atoms with E-state index in [4.69, 9.17) is 9.72 Å². The second kappa shape index (κ2) is 11.8. The predicted octanol–water partition coefficient (Wildman–Crippen LogP) is 4.99. The Morgan fingerprint density at radius 1 is 1.02 bits per heavy atom. The Hall–Kier alpha value is -3.68. The molecular weight excluding hydrogens is 583 g/mol. The molecule has 9 nitrogen and oxygen atoms in total. The van der Waals surface area contributed by atoms with Gasteiger partial charge in [0.25, 0.3) is 0 Å². The van der Waals surface area contributed by atoms with Crippen LogP contribution in [0.1, 0.15) is 19.8 Å². The molecule has 0 radical (unpaired) electrons. The van der Waals surface area contributed by atoms with E-state index in [9.17, 15) is 26.4 Å². The minimum absolute atomic E-state index is 0.0574. The molecule has 0 aliphatic carbocycles. The third-order valence-electron chi connectivity index (χ3n) is 7.90. The molecule has 1 atom stereocenters. The minimum atomic E-state index is -4.28. The standard InChI is InChI=1S/C30H34F3N5O4S/c1-20-29(39)36(4)26-12-11-25(34-28(26)38(20)21-14-16-37(17-15-21)19-30(31,32)33)24-18-23(43(40,41)35(2)3)10-13-27(24)42-22-8-6-5-7-9-22/h5-13,18,20-21H,14-17,19H2,1-4H3/t20-/m1/s1. The topological polar surface area (TPSA) is 86.3 Å². The van der Waals surface area contributed by atoms with Crippen LogP contribution in [0, 0.1) is 0 Å². The van der Waals surface area contributed by atoms with Gasteiger partial charge < -0.3 is 14.5 Å². The molecule has 0 saturated carbocycles. The number of piperidine rings is 1. The molecule has 1 aromatic heterocycles. The number of aromatic nitrogens is 1. The highest BCUT2D eigenvalue weighted by atomic mass is 32.2. The first-order valence-corrected chi connectivity index (χ1v) is 15.4. The van der Waals surface area contributed by atoms with Crippen LogP contribution in [-0.4, -0.2) is 87.6 Å². The molecule has 0 unspecified atom stereocenters. The van der Waals surface area contributed by atoms with E-state index in [1.165, 1.54) is 36.0 Å². The molecule has 1 amide bonds. The molecule has 2 aromatic carbocycles. The number of carbonyl (C=O) groups excluding carboxylic acids is 1. The number of benzene rings is 2. The number of fused-ring (bicyclic) bond motifs is 1. The van der Waals surface area contributed by atoms with Crippen LogP contribution in [0.15, 0.2) is 65.6 Å². The van der Waals surface area contributed by atoms with Gasteiger partial charge in [-0.2, -0.15) is 13.2 Å². The van der Waals surface area contributed by atoms with Crippen LogP contribution in [0.3, 0.4) is 0 Å². The lowest BCUT2D eigenvalue weighted by molar-refractivity contribution is -0.147. The van der Waals surface area contributed by atoms with Crippen LogP contribution < -0.4 is 14.5 Å². The molecular formula is C30H34F3N5O4S. The number of ether oxygens (including phenoxy) is 1. The Morgan fingerprint density at radius 3 is 2.33 bits per heavy atom. The number of halogens is 3. The van der Waals surface area contributed by atoms with Crippen molar-refractivity contribution in [2.75, 3.05) is 50.6 Å². The smallest absolute Gasteiger partial charge is 0.401 e. The monoisotopic (exact) mass is 617 g/mol. The van der Waals surface area contributed by atoms with Crippen LogP contribution in [-0.2, 0) is 14.8 Å². The van der Waals surface area contributed by atoms with Crippen molar-refractivity contribution < 1.29 is 31.1 Å². The van der Waals surface area contributed by atoms with Gasteiger partial charge in [0.15, 0.2) is 5.82 Å². The number of pyridine rings is 1. The summed E-state index contributed by atoms with van der Waals surface area (Å²) in [6.07, 6.45) is -3.41. The Kier molecular flexibility index (Phi) is 8.43. The first kappa shape index (κ1) is 30.8. The van der Waals surface area contributed by atoms with Crippen molar-refractivity contribution in [1.29, 1.82) is 0 Å². The number of anilines is 2. The second-order valence-corrected chi connectivity index (χ2v) is 13.2. The maximum atomic E-state index is 13.2. The lowest BCUT2D eigenvalue weighted by atomic mass is 9.98. The SMILES string of the molecule is C[C@@H]1C(=O)N(C)c2ccc(-c3cc(S(=O)(=O)N(C)C)ccc3Oc3ccccc3)nc2N1C1CCN(CC(F)(F)F)CC1. The largest absolute Gasteiger partial charge is 0.457 e. The quantitative estimate of drug-likeness (QED) is 0.369. The van der Waals surface area contributed by atoms with Crippen molar-refractivity contribution in [2.45, 2.75) is 42.9 Å². The molecule has 1 fully saturated rings. The molecule has 3 heterocycles. The number of likely N-dealkylation sites (N-methyl/N-ethyl adjacent to an activating group) is 1. The predicted molar refractivity (Wildman–Crippen MR) is 158 cm³/mol. The van der Waals surface area contributed by atoms with E-state index in [-0.39, 0.29) is 29.9 Å². The van der Waals surface area contributed by atoms with Gasteiger partial charge in [0.2, 0.25) is 15.9 Å². The summed E-state index contributed by atoms with van der Waals surface area (Å²) < 4.78 is 72.4. The third kappa shape index (κ3) is 6.34. The number of para-hydroxylation sites is 1. The average molecular weight is 618 g/mol. The number of amides is 1. The molecule has 0 N–H and O–H groups in total. The van der Waals surface area contributed by atoms with Crippen molar-refractivity contribution >= 4 is 27.4 Å². The summed E-state index contributed by atoms with van der Waals surface area (Å²) in [6, 6.07) is 16.3. The Morgan fingerprint density at radius 2 is 1.70 bits per heavy atom. The van der Waals surface area contributed by atoms with E-state index in [1.54, 1.807) is 44.3 Å². The van der Waals surface area contributed by atoms with Crippen molar-refractivity contribution in [2.24, 2.45) is 0 Å². The number of nitrogens with zero attached hydrogens (tertiary/aromatic N) is 5. The fourth-order valence-electron chi connectivity index (χ4n) is 5.63. The minimum Gasteiger partial charge on any atom is -0.457 e. The number of rotatable bonds is 7. The molecule has 2 aliphatic heterocycles. The zero-order valence-corrected chi connectivity index (χ0v) is 25.2. The second-order valence-electron chi connectivity index (χ2n) is 11.0. The maximum Gasteiger partial charge on any atom is 0.401 e. The fourth-order valence-corrected chi connectivity index (χ4v) is 6.56. The van der Waals surface area contributed by atoms with Crippen LogP contribution >= 0.6 is 0 Å². The summed E-state index contributed by atoms with van der Waals surface area (Å²) >= 11 is 0. The lowest BCUT2D eigenvalue weighted by Gasteiger charge is -2.46. The van der Waals surface area contributed by atoms with Gasteiger partial charge in [-0.15, -0.1) is 0 Å². The third-order valence-corrected chi connectivity index (χ3v) is 9.71. The van der Waals surface area contributed by atoms with E-state index in [0.29, 0.717) is 47.1 Å². The Bertz CT molecular complexity index is 1590. The van der Waals surface area contributed by atoms with Crippen molar-refractivity contribution in [3.63, 3.8) is 0 Å². The van der Waals surface area contributed by atoms with Gasteiger partial charge >= 0.3 is 6.18 Å². The van der Waals surface area contributed by atoms with Gasteiger partial charge in [0.05, 0.1) is 22.8 Å². The molecule has 0 bridgehead atoms. The number of hydrogen-bond acceptors (Lipinski definition) is 7. The number of hydrogen-bond donors (Lipinski definition) is 0. The summed E-state index contributed by atoms with van der Waals surface area (Å²) in [5, 5.41) is 0. The highest BCUT2D eigenvalue weighted by Crippen LogP contribution is 2.41. The van der Waals surface area contributed by atoms with Crippen molar-refractivity contribution in [3.8, 4) is 22.8 Å². The average Bonchev–Trinajstić information content (AvgIpc) is 2.96. The molecule has 0 spiro atoms. The normalized spacial score (nSPS) is 18.7. The van der Waals surface area contributed by atoms with Crippen LogP contribution in [0.4, 0.5) is 24.7 Å². The Balaban J connectivity index is 1.58. The van der Waals surface area contributed by atoms with E-state index >= 15 is 0 Å². The van der Waals surface area contributed by atoms with Gasteiger partial charge in [-0.05, 0) is 62.2 Å². The summed E-state index contributed by atoms with van der Waals surface area (Å²) in [5.41, 5.74) is 1.42. The molecule has 3 aromatic rings. The van der Waals surface area contributed by atoms with Gasteiger partial charge in [-0.3, -0.25) is 9.69 Å². The maximum absolute atomic E-state index is 13.2. The van der Waals surface area contributed by atoms with Crippen molar-refractivity contribution in [3.05, 3.63) is 60.7 Å². The summed E-state index contributed by atoms with van der Waals surface area (Å²) in [7, 11) is 0.782. The van der Waals surface area contributed by atoms with Crippen LogP contribution in [0.2, 0.25) is 0 Å². The lowest BCUT2D eigenvalue weighted by Crippen LogP contribution is -2.57. The zero-order valence-electron chi connectivity index (χ0n) is 24.4. The first-order valence-electron chi connectivity index (χ1n) is 13.9. The van der Waals surface area contributed by atoms with Crippen LogP contribution in [0.5, 0.6) is 11.5 Å². The molecule has 230 valence electrons. The summed E-state index contributed by atoms with van der Waals surface area (Å²) in [5.74, 6) is 1.30. The van der Waals surface area contributed by atoms with E-state index in [1.807, 2.05) is 23.1 Å². The number of carbonyl (C=O) groups is 1. The highest BCUT2D eigenvalue weighted by molar-refractivity contribution is 7.89. The number of alkyl halides is 3. The Labute approximate surface area is 249 Å². The molecule has 43 heavy (non-hydrogen) atoms. The molecule has 1 saturated heterocycles. The molecule has 5 rings (SSSR count). The van der Waals surface area contributed by atoms with Gasteiger partial charge in [0, 0.05) is 45.8 Å². The van der Waals surface area contributed by atoms with Crippen molar-refractivity contribution in [1.82, 2.24) is 14.2 Å². The fraction of sp³-hybridized carbons (Fsp3) is 0.400. The summed E-state index contributed by atoms with van der Waals surface area (Å²) in [6.45, 7) is 1.29. The van der Waals surface area contributed by atoms with E-state index in [0.717, 1.165) is 4.31 Å². The van der Waals surface area contributed by atoms with Gasteiger partial charge in [-0.25, -0.2) is 17.7 Å². The highest BCUT2D eigenvalue weighted by Gasteiger charge is 2.41. The van der Waals surface area contributed by atoms with E-state index in [2.05, 4.69) is 0 Å². The summed E-state index contributed by atoms with van der Waals surface area (Å²) in [4.78, 5) is 23.1. The first-order chi connectivity index (χ1) is 20.3. The molecule has 13 heteroatoms. The molecule has 2 aliphatic rings. The number of likely N-dealkylation sites (tertiary alicyclic amines) is 1. The zero-order chi connectivity index (χ0) is 31.1. The van der Waals surface area contributed by atoms with Gasteiger partial charge in [-0.1, -0.05) is 18.2 Å². The van der Waals surface area contributed by atoms with Gasteiger partial charge in [0.1, 0.15) is 17.5 Å². The van der Waals surface area contributed by atoms with E-state index < -0.39 is 28.8 Å². The van der Waals surface area contributed by atoms with Crippen LogP contribution in [0.25, 0.3) is 11.3 Å².